The molecule has 0 heterocycles. The number of hydrogen-bond acceptors (Lipinski definition) is 3. The fraction of sp³-hybridized carbons (Fsp3) is 0.143. The number of anilines is 1. The van der Waals surface area contributed by atoms with Crippen molar-refractivity contribution in [1.82, 2.24) is 0 Å². The highest BCUT2D eigenvalue weighted by molar-refractivity contribution is 14.1. The molecule has 106 valence electrons. The Morgan fingerprint density at radius 3 is 2.25 bits per heavy atom. The van der Waals surface area contributed by atoms with Gasteiger partial charge < -0.3 is 5.73 Å². The second-order valence-corrected chi connectivity index (χ2v) is 7.29. The first-order chi connectivity index (χ1) is 9.40. The lowest BCUT2D eigenvalue weighted by Crippen LogP contribution is -2.14. The van der Waals surface area contributed by atoms with E-state index >= 15 is 0 Å². The Kier molecular flexibility index (Phi) is 4.66. The topological polar surface area (TPSA) is 72.2 Å². The normalized spacial score (nSPS) is 12.9. The Balaban J connectivity index is 2.29. The Morgan fingerprint density at radius 1 is 1.10 bits per heavy atom. The molecule has 0 aliphatic carbocycles. The summed E-state index contributed by atoms with van der Waals surface area (Å²) < 4.78 is 28.0. The molecule has 0 fully saturated rings. The lowest BCUT2D eigenvalue weighted by molar-refractivity contribution is 0.601. The molecule has 3 N–H and O–H groups in total. The Labute approximate surface area is 132 Å². The zero-order valence-electron chi connectivity index (χ0n) is 10.9. The average molecular weight is 402 g/mol. The van der Waals surface area contributed by atoms with Gasteiger partial charge in [-0.2, -0.15) is 0 Å². The molecule has 0 bridgehead atoms. The number of rotatable bonds is 4. The number of halogens is 1. The van der Waals surface area contributed by atoms with Crippen molar-refractivity contribution in [3.63, 3.8) is 0 Å². The molecular weight excluding hydrogens is 387 g/mol. The standard InChI is InChI=1S/C14H15IN2O2S/c1-10(16)11-6-8-12(9-7-11)20(18,19)17-14-5-3-2-4-13(14)15/h2-10,17H,16H2,1H3. The predicted octanol–water partition coefficient (Wildman–Crippen LogP) is 3.11. The fourth-order valence-electron chi connectivity index (χ4n) is 1.70. The minimum atomic E-state index is -3.57. The summed E-state index contributed by atoms with van der Waals surface area (Å²) in [4.78, 5) is 0.224. The molecule has 2 rings (SSSR count). The molecule has 0 aromatic heterocycles. The van der Waals surface area contributed by atoms with Crippen LogP contribution in [0.15, 0.2) is 53.4 Å². The molecular formula is C14H15IN2O2S. The van der Waals surface area contributed by atoms with E-state index in [1.807, 2.05) is 19.1 Å². The first-order valence-electron chi connectivity index (χ1n) is 6.03. The summed E-state index contributed by atoms with van der Waals surface area (Å²) >= 11 is 2.09. The van der Waals surface area contributed by atoms with Crippen LogP contribution >= 0.6 is 22.6 Å². The van der Waals surface area contributed by atoms with Gasteiger partial charge in [0, 0.05) is 9.61 Å². The van der Waals surface area contributed by atoms with Crippen LogP contribution in [0.5, 0.6) is 0 Å². The van der Waals surface area contributed by atoms with Crippen molar-refractivity contribution in [2.45, 2.75) is 17.9 Å². The molecule has 0 aliphatic heterocycles. The van der Waals surface area contributed by atoms with E-state index in [9.17, 15) is 8.42 Å². The Morgan fingerprint density at radius 2 is 1.70 bits per heavy atom. The van der Waals surface area contributed by atoms with Crippen LogP contribution in [-0.2, 0) is 10.0 Å². The fourth-order valence-corrected chi connectivity index (χ4v) is 3.48. The van der Waals surface area contributed by atoms with Crippen molar-refractivity contribution in [3.8, 4) is 0 Å². The third-order valence-electron chi connectivity index (χ3n) is 2.83. The molecule has 0 saturated carbocycles. The zero-order chi connectivity index (χ0) is 14.8. The van der Waals surface area contributed by atoms with E-state index in [1.54, 1.807) is 36.4 Å². The summed E-state index contributed by atoms with van der Waals surface area (Å²) in [5, 5.41) is 0. The molecule has 0 radical (unpaired) electrons. The summed E-state index contributed by atoms with van der Waals surface area (Å²) in [6, 6.07) is 13.7. The van der Waals surface area contributed by atoms with Crippen molar-refractivity contribution in [2.75, 3.05) is 4.72 Å². The van der Waals surface area contributed by atoms with Gasteiger partial charge >= 0.3 is 0 Å². The van der Waals surface area contributed by atoms with Crippen molar-refractivity contribution in [1.29, 1.82) is 0 Å². The second kappa shape index (κ2) is 6.11. The largest absolute Gasteiger partial charge is 0.324 e. The Bertz CT molecular complexity index is 697. The number of benzene rings is 2. The molecule has 1 atom stereocenters. The zero-order valence-corrected chi connectivity index (χ0v) is 13.9. The quantitative estimate of drug-likeness (QED) is 0.773. The molecule has 2 aromatic carbocycles. The molecule has 6 heteroatoms. The summed E-state index contributed by atoms with van der Waals surface area (Å²) in [6.07, 6.45) is 0. The highest BCUT2D eigenvalue weighted by Crippen LogP contribution is 2.22. The first-order valence-corrected chi connectivity index (χ1v) is 8.59. The van der Waals surface area contributed by atoms with Gasteiger partial charge in [-0.1, -0.05) is 24.3 Å². The van der Waals surface area contributed by atoms with Crippen LogP contribution in [0.1, 0.15) is 18.5 Å². The summed E-state index contributed by atoms with van der Waals surface area (Å²) in [6.45, 7) is 1.86. The molecule has 20 heavy (non-hydrogen) atoms. The summed E-state index contributed by atoms with van der Waals surface area (Å²) in [5.74, 6) is 0. The molecule has 0 amide bonds. The van der Waals surface area contributed by atoms with Gasteiger partial charge in [-0.05, 0) is 59.3 Å². The minimum Gasteiger partial charge on any atom is -0.324 e. The second-order valence-electron chi connectivity index (χ2n) is 4.44. The lowest BCUT2D eigenvalue weighted by Gasteiger charge is -2.11. The third-order valence-corrected chi connectivity index (χ3v) is 5.16. The lowest BCUT2D eigenvalue weighted by atomic mass is 10.1. The highest BCUT2D eigenvalue weighted by Gasteiger charge is 2.15. The monoisotopic (exact) mass is 402 g/mol. The summed E-state index contributed by atoms with van der Waals surface area (Å²) in [5.41, 5.74) is 7.22. The van der Waals surface area contributed by atoms with Crippen LogP contribution in [0.4, 0.5) is 5.69 Å². The average Bonchev–Trinajstić information content (AvgIpc) is 2.41. The maximum absolute atomic E-state index is 12.3. The molecule has 0 spiro atoms. The molecule has 2 aromatic rings. The van der Waals surface area contributed by atoms with Crippen LogP contribution < -0.4 is 10.5 Å². The van der Waals surface area contributed by atoms with Gasteiger partial charge in [-0.15, -0.1) is 0 Å². The van der Waals surface area contributed by atoms with Gasteiger partial charge in [0.1, 0.15) is 0 Å². The smallest absolute Gasteiger partial charge is 0.261 e. The number of hydrogen-bond donors (Lipinski definition) is 2. The van der Waals surface area contributed by atoms with Crippen LogP contribution in [0.25, 0.3) is 0 Å². The van der Waals surface area contributed by atoms with E-state index < -0.39 is 10.0 Å². The maximum atomic E-state index is 12.3. The summed E-state index contributed by atoms with van der Waals surface area (Å²) in [7, 11) is -3.57. The van der Waals surface area contributed by atoms with E-state index in [1.165, 1.54) is 0 Å². The van der Waals surface area contributed by atoms with Gasteiger partial charge in [-0.25, -0.2) is 8.42 Å². The van der Waals surface area contributed by atoms with E-state index in [4.69, 9.17) is 5.73 Å². The minimum absolute atomic E-state index is 0.116. The highest BCUT2D eigenvalue weighted by atomic mass is 127. The van der Waals surface area contributed by atoms with Crippen molar-refractivity contribution >= 4 is 38.3 Å². The van der Waals surface area contributed by atoms with Crippen molar-refractivity contribution < 1.29 is 8.42 Å². The van der Waals surface area contributed by atoms with Crippen LogP contribution in [0, 0.1) is 3.57 Å². The van der Waals surface area contributed by atoms with Gasteiger partial charge in [0.25, 0.3) is 10.0 Å². The van der Waals surface area contributed by atoms with E-state index in [2.05, 4.69) is 27.3 Å². The number of nitrogens with one attached hydrogen (secondary N) is 1. The number of sulfonamides is 1. The number of nitrogens with two attached hydrogens (primary N) is 1. The SMILES string of the molecule is CC(N)c1ccc(S(=O)(=O)Nc2ccccc2I)cc1. The van der Waals surface area contributed by atoms with E-state index in [-0.39, 0.29) is 10.9 Å². The van der Waals surface area contributed by atoms with E-state index in [0.717, 1.165) is 9.13 Å². The van der Waals surface area contributed by atoms with Gasteiger partial charge in [0.2, 0.25) is 0 Å². The predicted molar refractivity (Wildman–Crippen MR) is 89.0 cm³/mol. The van der Waals surface area contributed by atoms with Crippen molar-refractivity contribution in [2.24, 2.45) is 5.73 Å². The van der Waals surface area contributed by atoms with Gasteiger partial charge in [-0.3, -0.25) is 4.72 Å². The molecule has 0 saturated heterocycles. The van der Waals surface area contributed by atoms with Crippen molar-refractivity contribution in [3.05, 3.63) is 57.7 Å². The number of para-hydroxylation sites is 1. The first kappa shape index (κ1) is 15.3. The van der Waals surface area contributed by atoms with Gasteiger partial charge in [0.15, 0.2) is 0 Å². The molecule has 1 unspecified atom stereocenters. The maximum Gasteiger partial charge on any atom is 0.261 e. The Hall–Kier alpha value is -1.12. The third kappa shape index (κ3) is 3.50. The van der Waals surface area contributed by atoms with Crippen LogP contribution in [0.2, 0.25) is 0 Å². The van der Waals surface area contributed by atoms with Gasteiger partial charge in [0.05, 0.1) is 10.6 Å². The van der Waals surface area contributed by atoms with Crippen LogP contribution in [0.3, 0.4) is 0 Å². The van der Waals surface area contributed by atoms with Crippen LogP contribution in [-0.4, -0.2) is 8.42 Å². The molecule has 0 aliphatic rings. The van der Waals surface area contributed by atoms with E-state index in [0.29, 0.717) is 5.69 Å². The molecule has 4 nitrogen and oxygen atoms in total.